The Morgan fingerprint density at radius 1 is 1.24 bits per heavy atom. The molecule has 25 heavy (non-hydrogen) atoms. The number of aryl methyl sites for hydroxylation is 1. The maximum atomic E-state index is 12.8. The van der Waals surface area contributed by atoms with Crippen LogP contribution in [0.15, 0.2) is 34.9 Å². The van der Waals surface area contributed by atoms with Gasteiger partial charge >= 0.3 is 0 Å². The van der Waals surface area contributed by atoms with Gasteiger partial charge in [0.15, 0.2) is 5.82 Å². The van der Waals surface area contributed by atoms with Crippen LogP contribution in [0.25, 0.3) is 0 Å². The number of aromatic nitrogens is 2. The fraction of sp³-hybridized carbons (Fsp3) is 0.500. The molecule has 0 radical (unpaired) electrons. The van der Waals surface area contributed by atoms with Crippen molar-refractivity contribution >= 4 is 11.6 Å². The van der Waals surface area contributed by atoms with Gasteiger partial charge in [0.25, 0.3) is 0 Å². The Hall–Kier alpha value is -2.25. The minimum absolute atomic E-state index is 0.118. The quantitative estimate of drug-likeness (QED) is 0.821. The van der Waals surface area contributed by atoms with Gasteiger partial charge in [-0.25, -0.2) is 0 Å². The highest BCUT2D eigenvalue weighted by atomic mass is 16.5. The number of benzene rings is 1. The molecule has 1 aliphatic heterocycles. The molecule has 0 aliphatic carbocycles. The van der Waals surface area contributed by atoms with Crippen molar-refractivity contribution in [2.45, 2.75) is 26.4 Å². The number of carbonyl (C=O) groups excluding carboxylic acids is 1. The summed E-state index contributed by atoms with van der Waals surface area (Å²) in [5.74, 6) is 1.43. The van der Waals surface area contributed by atoms with E-state index >= 15 is 0 Å². The molecule has 0 N–H and O–H groups in total. The molecule has 2 aromatic rings. The fourth-order valence-corrected chi connectivity index (χ4v) is 3.12. The zero-order valence-electron chi connectivity index (χ0n) is 15.1. The Kier molecular flexibility index (Phi) is 5.45. The van der Waals surface area contributed by atoms with Crippen LogP contribution in [0.2, 0.25) is 0 Å². The van der Waals surface area contributed by atoms with Crippen molar-refractivity contribution in [3.05, 3.63) is 42.0 Å². The summed E-state index contributed by atoms with van der Waals surface area (Å²) < 4.78 is 5.18. The highest BCUT2D eigenvalue weighted by molar-refractivity contribution is 5.96. The molecule has 7 heteroatoms. The fourth-order valence-electron chi connectivity index (χ4n) is 3.12. The standard InChI is InChI=1S/C18H25N5O2/c1-14(18(24)21(3)16-7-5-4-6-8-16)23-11-9-22(10-12-23)13-17-19-15(2)20-25-17/h4-8,14H,9-13H2,1-3H3/t14-/m0/s1. The summed E-state index contributed by atoms with van der Waals surface area (Å²) >= 11 is 0. The third-order valence-corrected chi connectivity index (χ3v) is 4.71. The van der Waals surface area contributed by atoms with Crippen molar-refractivity contribution in [1.82, 2.24) is 19.9 Å². The molecule has 134 valence electrons. The summed E-state index contributed by atoms with van der Waals surface area (Å²) in [4.78, 5) is 23.3. The Balaban J connectivity index is 1.52. The topological polar surface area (TPSA) is 65.7 Å². The molecule has 1 fully saturated rings. The molecule has 7 nitrogen and oxygen atoms in total. The third kappa shape index (κ3) is 4.24. The normalized spacial score (nSPS) is 17.4. The van der Waals surface area contributed by atoms with Gasteiger partial charge in [0.2, 0.25) is 11.8 Å². The van der Waals surface area contributed by atoms with E-state index < -0.39 is 0 Å². The van der Waals surface area contributed by atoms with E-state index in [1.165, 1.54) is 0 Å². The Bertz CT molecular complexity index is 695. The lowest BCUT2D eigenvalue weighted by Gasteiger charge is -2.38. The van der Waals surface area contributed by atoms with E-state index in [0.717, 1.165) is 31.9 Å². The first-order valence-electron chi connectivity index (χ1n) is 8.63. The Morgan fingerprint density at radius 3 is 2.52 bits per heavy atom. The first-order chi connectivity index (χ1) is 12.0. The molecular formula is C18H25N5O2. The third-order valence-electron chi connectivity index (χ3n) is 4.71. The maximum absolute atomic E-state index is 12.8. The number of para-hydroxylation sites is 1. The minimum atomic E-state index is -0.141. The number of piperazine rings is 1. The van der Waals surface area contributed by atoms with Crippen LogP contribution in [-0.2, 0) is 11.3 Å². The van der Waals surface area contributed by atoms with Gasteiger partial charge in [-0.3, -0.25) is 14.6 Å². The number of nitrogens with zero attached hydrogens (tertiary/aromatic N) is 5. The van der Waals surface area contributed by atoms with E-state index in [9.17, 15) is 4.79 Å². The molecule has 2 heterocycles. The van der Waals surface area contributed by atoms with Crippen molar-refractivity contribution < 1.29 is 9.32 Å². The van der Waals surface area contributed by atoms with Crippen LogP contribution in [0.3, 0.4) is 0 Å². The molecule has 1 aliphatic rings. The molecule has 0 spiro atoms. The van der Waals surface area contributed by atoms with Crippen LogP contribution in [0, 0.1) is 6.92 Å². The lowest BCUT2D eigenvalue weighted by molar-refractivity contribution is -0.123. The zero-order chi connectivity index (χ0) is 17.8. The average Bonchev–Trinajstić information content (AvgIpc) is 3.06. The van der Waals surface area contributed by atoms with Crippen molar-refractivity contribution in [3.8, 4) is 0 Å². The summed E-state index contributed by atoms with van der Waals surface area (Å²) in [5.41, 5.74) is 0.921. The second-order valence-corrected chi connectivity index (χ2v) is 6.46. The Labute approximate surface area is 148 Å². The first kappa shape index (κ1) is 17.6. The Morgan fingerprint density at radius 2 is 1.92 bits per heavy atom. The van der Waals surface area contributed by atoms with Gasteiger partial charge in [-0.05, 0) is 26.0 Å². The molecule has 1 atom stereocenters. The van der Waals surface area contributed by atoms with Crippen molar-refractivity contribution in [2.24, 2.45) is 0 Å². The smallest absolute Gasteiger partial charge is 0.243 e. The van der Waals surface area contributed by atoms with Crippen molar-refractivity contribution in [1.29, 1.82) is 0 Å². The van der Waals surface area contributed by atoms with E-state index in [1.54, 1.807) is 4.90 Å². The van der Waals surface area contributed by atoms with E-state index in [2.05, 4.69) is 19.9 Å². The molecule has 1 aromatic carbocycles. The lowest BCUT2D eigenvalue weighted by Crippen LogP contribution is -2.53. The highest BCUT2D eigenvalue weighted by Gasteiger charge is 2.28. The SMILES string of the molecule is Cc1noc(CN2CCN([C@@H](C)C(=O)N(C)c3ccccc3)CC2)n1. The number of likely N-dealkylation sites (N-methyl/N-ethyl adjacent to an activating group) is 1. The molecule has 0 bridgehead atoms. The van der Waals surface area contributed by atoms with E-state index in [4.69, 9.17) is 4.52 Å². The molecule has 1 aromatic heterocycles. The van der Waals surface area contributed by atoms with Crippen LogP contribution >= 0.6 is 0 Å². The highest BCUT2D eigenvalue weighted by Crippen LogP contribution is 2.16. The van der Waals surface area contributed by atoms with Crippen LogP contribution in [0.4, 0.5) is 5.69 Å². The van der Waals surface area contributed by atoms with Gasteiger partial charge in [-0.1, -0.05) is 23.4 Å². The molecule has 1 saturated heterocycles. The number of hydrogen-bond donors (Lipinski definition) is 0. The summed E-state index contributed by atoms with van der Waals surface area (Å²) in [6.07, 6.45) is 0. The average molecular weight is 343 g/mol. The zero-order valence-corrected chi connectivity index (χ0v) is 15.1. The predicted molar refractivity (Wildman–Crippen MR) is 95.2 cm³/mol. The van der Waals surface area contributed by atoms with Gasteiger partial charge < -0.3 is 9.42 Å². The minimum Gasteiger partial charge on any atom is -0.338 e. The first-order valence-corrected chi connectivity index (χ1v) is 8.63. The van der Waals surface area contributed by atoms with Gasteiger partial charge in [-0.2, -0.15) is 4.98 Å². The molecule has 0 saturated carbocycles. The van der Waals surface area contributed by atoms with Crippen LogP contribution in [0.1, 0.15) is 18.6 Å². The molecular weight excluding hydrogens is 318 g/mol. The van der Waals surface area contributed by atoms with Gasteiger partial charge in [0.05, 0.1) is 12.6 Å². The van der Waals surface area contributed by atoms with Crippen LogP contribution < -0.4 is 4.90 Å². The van der Waals surface area contributed by atoms with Gasteiger partial charge in [0, 0.05) is 38.9 Å². The predicted octanol–water partition coefficient (Wildman–Crippen LogP) is 1.55. The van der Waals surface area contributed by atoms with Crippen LogP contribution in [-0.4, -0.2) is 65.1 Å². The summed E-state index contributed by atoms with van der Waals surface area (Å²) in [6, 6.07) is 9.61. The molecule has 3 rings (SSSR count). The van der Waals surface area contributed by atoms with E-state index in [1.807, 2.05) is 51.2 Å². The van der Waals surface area contributed by atoms with Crippen LogP contribution in [0.5, 0.6) is 0 Å². The number of rotatable bonds is 5. The summed E-state index contributed by atoms with van der Waals surface area (Å²) in [5, 5.41) is 3.82. The van der Waals surface area contributed by atoms with Gasteiger partial charge in [0.1, 0.15) is 0 Å². The van der Waals surface area contributed by atoms with Crippen molar-refractivity contribution in [3.63, 3.8) is 0 Å². The number of amides is 1. The van der Waals surface area contributed by atoms with E-state index in [0.29, 0.717) is 18.3 Å². The number of anilines is 1. The maximum Gasteiger partial charge on any atom is 0.243 e. The van der Waals surface area contributed by atoms with Gasteiger partial charge in [-0.15, -0.1) is 0 Å². The lowest BCUT2D eigenvalue weighted by atomic mass is 10.2. The van der Waals surface area contributed by atoms with Crippen molar-refractivity contribution in [2.75, 3.05) is 38.1 Å². The molecule has 1 amide bonds. The largest absolute Gasteiger partial charge is 0.338 e. The number of hydrogen-bond acceptors (Lipinski definition) is 6. The number of carbonyl (C=O) groups is 1. The second-order valence-electron chi connectivity index (χ2n) is 6.46. The van der Waals surface area contributed by atoms with E-state index in [-0.39, 0.29) is 11.9 Å². The second kappa shape index (κ2) is 7.76. The summed E-state index contributed by atoms with van der Waals surface area (Å²) in [6.45, 7) is 7.94. The molecule has 0 unspecified atom stereocenters. The summed E-state index contributed by atoms with van der Waals surface area (Å²) in [7, 11) is 1.84. The monoisotopic (exact) mass is 343 g/mol.